The zero-order valence-electron chi connectivity index (χ0n) is 7.57. The molecular weight excluding hydrogens is 188 g/mol. The maximum absolute atomic E-state index is 8.81. The Kier molecular flexibility index (Phi) is 3.99. The average molecular weight is 201 g/mol. The summed E-state index contributed by atoms with van der Waals surface area (Å²) in [7, 11) is 0. The molecule has 1 rings (SSSR count). The van der Waals surface area contributed by atoms with E-state index in [4.69, 9.17) is 16.7 Å². The van der Waals surface area contributed by atoms with Gasteiger partial charge in [0.25, 0.3) is 0 Å². The quantitative estimate of drug-likeness (QED) is 0.750. The molecule has 0 spiro atoms. The number of aliphatic hydroxyl groups excluding tert-OH is 1. The summed E-state index contributed by atoms with van der Waals surface area (Å²) in [6, 6.07) is 3.67. The molecule has 0 atom stereocenters. The van der Waals surface area contributed by atoms with Crippen LogP contribution in [0.15, 0.2) is 18.3 Å². The molecule has 0 aliphatic heterocycles. The Morgan fingerprint density at radius 2 is 2.38 bits per heavy atom. The van der Waals surface area contributed by atoms with Crippen molar-refractivity contribution in [3.8, 4) is 0 Å². The van der Waals surface area contributed by atoms with Gasteiger partial charge in [0.15, 0.2) is 0 Å². The molecule has 1 N–H and O–H groups in total. The lowest BCUT2D eigenvalue weighted by atomic mass is 10.3. The van der Waals surface area contributed by atoms with Crippen LogP contribution in [0.1, 0.15) is 6.92 Å². The van der Waals surface area contributed by atoms with Crippen LogP contribution in [0.3, 0.4) is 0 Å². The fourth-order valence-electron chi connectivity index (χ4n) is 1.18. The fraction of sp³-hybridized carbons (Fsp3) is 0.444. The van der Waals surface area contributed by atoms with Crippen LogP contribution < -0.4 is 4.90 Å². The van der Waals surface area contributed by atoms with Crippen LogP contribution in [0.2, 0.25) is 5.15 Å². The van der Waals surface area contributed by atoms with Crippen molar-refractivity contribution in [2.45, 2.75) is 6.92 Å². The van der Waals surface area contributed by atoms with Gasteiger partial charge in [-0.1, -0.05) is 11.6 Å². The molecule has 1 heterocycles. The third-order valence-corrected chi connectivity index (χ3v) is 2.03. The Labute approximate surface area is 83.0 Å². The van der Waals surface area contributed by atoms with Gasteiger partial charge in [-0.2, -0.15) is 0 Å². The van der Waals surface area contributed by atoms with Gasteiger partial charge in [-0.05, 0) is 19.1 Å². The van der Waals surface area contributed by atoms with Crippen molar-refractivity contribution in [1.29, 1.82) is 0 Å². The monoisotopic (exact) mass is 200 g/mol. The molecule has 0 aliphatic carbocycles. The van der Waals surface area contributed by atoms with Gasteiger partial charge in [-0.15, -0.1) is 0 Å². The fourth-order valence-corrected chi connectivity index (χ4v) is 1.35. The highest BCUT2D eigenvalue weighted by atomic mass is 35.5. The molecule has 0 fully saturated rings. The smallest absolute Gasteiger partial charge is 0.131 e. The first-order valence-corrected chi connectivity index (χ1v) is 4.63. The molecule has 72 valence electrons. The molecular formula is C9H13ClN2O. The Bertz CT molecular complexity index is 268. The van der Waals surface area contributed by atoms with Crippen LogP contribution in [0.5, 0.6) is 0 Å². The number of hydrogen-bond donors (Lipinski definition) is 1. The highest BCUT2D eigenvalue weighted by Gasteiger charge is 2.03. The van der Waals surface area contributed by atoms with Gasteiger partial charge in [0, 0.05) is 25.0 Å². The lowest BCUT2D eigenvalue weighted by Gasteiger charge is -2.21. The molecule has 0 radical (unpaired) electrons. The van der Waals surface area contributed by atoms with Crippen molar-refractivity contribution >= 4 is 17.3 Å². The molecule has 0 aromatic carbocycles. The highest BCUT2D eigenvalue weighted by molar-refractivity contribution is 6.29. The molecule has 0 amide bonds. The van der Waals surface area contributed by atoms with Crippen LogP contribution in [0, 0.1) is 0 Å². The van der Waals surface area contributed by atoms with Gasteiger partial charge >= 0.3 is 0 Å². The highest BCUT2D eigenvalue weighted by Crippen LogP contribution is 2.16. The van der Waals surface area contributed by atoms with Crippen molar-refractivity contribution in [1.82, 2.24) is 4.98 Å². The first-order valence-electron chi connectivity index (χ1n) is 4.25. The van der Waals surface area contributed by atoms with Gasteiger partial charge < -0.3 is 10.0 Å². The summed E-state index contributed by atoms with van der Waals surface area (Å²) in [6.45, 7) is 3.65. The van der Waals surface area contributed by atoms with Crippen LogP contribution in [-0.4, -0.2) is 29.8 Å². The Morgan fingerprint density at radius 3 is 2.92 bits per heavy atom. The van der Waals surface area contributed by atoms with Crippen LogP contribution in [0.25, 0.3) is 0 Å². The predicted molar refractivity (Wildman–Crippen MR) is 54.2 cm³/mol. The van der Waals surface area contributed by atoms with Crippen molar-refractivity contribution in [3.63, 3.8) is 0 Å². The topological polar surface area (TPSA) is 36.4 Å². The van der Waals surface area contributed by atoms with E-state index in [-0.39, 0.29) is 6.61 Å². The number of anilines is 1. The van der Waals surface area contributed by atoms with Crippen molar-refractivity contribution in [2.75, 3.05) is 24.6 Å². The van der Waals surface area contributed by atoms with Crippen molar-refractivity contribution in [3.05, 3.63) is 23.5 Å². The molecule has 0 saturated carbocycles. The average Bonchev–Trinajstić information content (AvgIpc) is 2.14. The summed E-state index contributed by atoms with van der Waals surface area (Å²) in [5, 5.41) is 9.29. The summed E-state index contributed by atoms with van der Waals surface area (Å²) in [5.41, 5.74) is 0.997. The minimum Gasteiger partial charge on any atom is -0.395 e. The number of halogens is 1. The lowest BCUT2D eigenvalue weighted by molar-refractivity contribution is 0.302. The standard InChI is InChI=1S/C9H13ClN2O/c1-2-12(5-6-13)8-3-4-11-9(10)7-8/h3-4,7,13H,2,5-6H2,1H3. The summed E-state index contributed by atoms with van der Waals surface area (Å²) in [4.78, 5) is 5.93. The lowest BCUT2D eigenvalue weighted by Crippen LogP contribution is -2.26. The number of pyridine rings is 1. The van der Waals surface area contributed by atoms with Gasteiger partial charge in [-0.25, -0.2) is 4.98 Å². The third-order valence-electron chi connectivity index (χ3n) is 1.83. The van der Waals surface area contributed by atoms with E-state index in [0.29, 0.717) is 11.7 Å². The zero-order valence-corrected chi connectivity index (χ0v) is 8.33. The second kappa shape index (κ2) is 5.04. The van der Waals surface area contributed by atoms with E-state index < -0.39 is 0 Å². The minimum absolute atomic E-state index is 0.147. The maximum atomic E-state index is 8.81. The van der Waals surface area contributed by atoms with E-state index in [1.807, 2.05) is 17.9 Å². The van der Waals surface area contributed by atoms with Gasteiger partial charge in [0.2, 0.25) is 0 Å². The Balaban J connectivity index is 2.78. The minimum atomic E-state index is 0.147. The van der Waals surface area contributed by atoms with E-state index in [2.05, 4.69) is 4.98 Å². The van der Waals surface area contributed by atoms with Gasteiger partial charge in [0.05, 0.1) is 6.61 Å². The van der Waals surface area contributed by atoms with Crippen LogP contribution in [-0.2, 0) is 0 Å². The molecule has 1 aromatic rings. The van der Waals surface area contributed by atoms with E-state index in [1.54, 1.807) is 12.3 Å². The molecule has 0 unspecified atom stereocenters. The molecule has 0 saturated heterocycles. The number of rotatable bonds is 4. The predicted octanol–water partition coefficient (Wildman–Crippen LogP) is 1.55. The van der Waals surface area contributed by atoms with Gasteiger partial charge in [-0.3, -0.25) is 0 Å². The Morgan fingerprint density at radius 1 is 1.62 bits per heavy atom. The molecule has 13 heavy (non-hydrogen) atoms. The number of aromatic nitrogens is 1. The number of aliphatic hydroxyl groups is 1. The largest absolute Gasteiger partial charge is 0.395 e. The Hall–Kier alpha value is -0.800. The second-order valence-electron chi connectivity index (χ2n) is 2.64. The van der Waals surface area contributed by atoms with Crippen molar-refractivity contribution in [2.24, 2.45) is 0 Å². The van der Waals surface area contributed by atoms with E-state index in [1.165, 1.54) is 0 Å². The molecule has 4 heteroatoms. The van der Waals surface area contributed by atoms with E-state index >= 15 is 0 Å². The summed E-state index contributed by atoms with van der Waals surface area (Å²) in [6.07, 6.45) is 1.66. The van der Waals surface area contributed by atoms with Crippen LogP contribution >= 0.6 is 11.6 Å². The normalized spacial score (nSPS) is 10.1. The van der Waals surface area contributed by atoms with Gasteiger partial charge in [0.1, 0.15) is 5.15 Å². The molecule has 3 nitrogen and oxygen atoms in total. The number of hydrogen-bond acceptors (Lipinski definition) is 3. The summed E-state index contributed by atoms with van der Waals surface area (Å²) < 4.78 is 0. The van der Waals surface area contributed by atoms with Crippen molar-refractivity contribution < 1.29 is 5.11 Å². The summed E-state index contributed by atoms with van der Waals surface area (Å²) >= 11 is 5.75. The number of nitrogens with zero attached hydrogens (tertiary/aromatic N) is 2. The zero-order chi connectivity index (χ0) is 9.68. The molecule has 0 bridgehead atoms. The summed E-state index contributed by atoms with van der Waals surface area (Å²) in [5.74, 6) is 0. The van der Waals surface area contributed by atoms with E-state index in [0.717, 1.165) is 12.2 Å². The SMILES string of the molecule is CCN(CCO)c1ccnc(Cl)c1. The third kappa shape index (κ3) is 2.86. The first-order chi connectivity index (χ1) is 6.27. The molecule has 1 aromatic heterocycles. The maximum Gasteiger partial charge on any atom is 0.131 e. The molecule has 0 aliphatic rings. The van der Waals surface area contributed by atoms with E-state index in [9.17, 15) is 0 Å². The van der Waals surface area contributed by atoms with Crippen LogP contribution in [0.4, 0.5) is 5.69 Å². The second-order valence-corrected chi connectivity index (χ2v) is 3.03. The number of likely N-dealkylation sites (N-methyl/N-ethyl adjacent to an activating group) is 1. The first kappa shape index (κ1) is 10.3.